The number of rotatable bonds is 9. The fourth-order valence-corrected chi connectivity index (χ4v) is 3.18. The number of nitrogens with one attached hydrogen (secondary N) is 1. The van der Waals surface area contributed by atoms with Crippen LogP contribution in [0.3, 0.4) is 0 Å². The van der Waals surface area contributed by atoms with Gasteiger partial charge in [-0.1, -0.05) is 44.4 Å². The van der Waals surface area contributed by atoms with Crippen LogP contribution in [0, 0.1) is 10.1 Å². The number of unbranched alkanes of at least 4 members (excludes halogenated alkanes) is 3. The van der Waals surface area contributed by atoms with Gasteiger partial charge in [0.2, 0.25) is 0 Å². The average Bonchev–Trinajstić information content (AvgIpc) is 2.77. The summed E-state index contributed by atoms with van der Waals surface area (Å²) in [6.45, 7) is 2.76. The zero-order valence-corrected chi connectivity index (χ0v) is 17.6. The Labute approximate surface area is 184 Å². The minimum absolute atomic E-state index is 0.00748. The van der Waals surface area contributed by atoms with E-state index in [2.05, 4.69) is 12.2 Å². The highest BCUT2D eigenvalue weighted by molar-refractivity contribution is 6.39. The first-order chi connectivity index (χ1) is 15.4. The number of non-ortho nitro benzene ring substituents is 1. The molecule has 32 heavy (non-hydrogen) atoms. The molecule has 0 saturated carbocycles. The Morgan fingerprint density at radius 3 is 2.50 bits per heavy atom. The normalized spacial score (nSPS) is 15.1. The van der Waals surface area contributed by atoms with E-state index >= 15 is 0 Å². The number of nitrogens with zero attached hydrogens (tertiary/aromatic N) is 2. The molecule has 2 aromatic rings. The van der Waals surface area contributed by atoms with Gasteiger partial charge in [-0.3, -0.25) is 25.0 Å². The van der Waals surface area contributed by atoms with Crippen LogP contribution < -0.4 is 15.0 Å². The predicted octanol–water partition coefficient (Wildman–Crippen LogP) is 4.22. The van der Waals surface area contributed by atoms with Gasteiger partial charge in [0.05, 0.1) is 17.2 Å². The Kier molecular flexibility index (Phi) is 7.33. The molecule has 3 rings (SSSR count). The number of benzene rings is 2. The molecular formula is C23H23N3O6. The van der Waals surface area contributed by atoms with E-state index in [1.165, 1.54) is 30.7 Å². The van der Waals surface area contributed by atoms with Gasteiger partial charge < -0.3 is 4.74 Å². The van der Waals surface area contributed by atoms with Crippen LogP contribution in [0.5, 0.6) is 5.75 Å². The maximum atomic E-state index is 12.9. The van der Waals surface area contributed by atoms with Crippen molar-refractivity contribution in [2.24, 2.45) is 0 Å². The lowest BCUT2D eigenvalue weighted by Crippen LogP contribution is -2.54. The van der Waals surface area contributed by atoms with Gasteiger partial charge in [0.1, 0.15) is 11.3 Å². The summed E-state index contributed by atoms with van der Waals surface area (Å²) in [4.78, 5) is 48.5. The summed E-state index contributed by atoms with van der Waals surface area (Å²) in [5.74, 6) is -1.02. The summed E-state index contributed by atoms with van der Waals surface area (Å²) in [6.07, 6.45) is 5.76. The molecule has 0 radical (unpaired) electrons. The summed E-state index contributed by atoms with van der Waals surface area (Å²) in [6, 6.07) is 11.0. The van der Waals surface area contributed by atoms with E-state index in [0.29, 0.717) is 22.8 Å². The number of amides is 4. The summed E-state index contributed by atoms with van der Waals surface area (Å²) >= 11 is 0. The molecule has 1 saturated heterocycles. The number of nitro groups is 1. The maximum absolute atomic E-state index is 12.9. The minimum Gasteiger partial charge on any atom is -0.494 e. The van der Waals surface area contributed by atoms with Gasteiger partial charge in [0.15, 0.2) is 0 Å². The second kappa shape index (κ2) is 10.3. The van der Waals surface area contributed by atoms with Crippen LogP contribution in [0.15, 0.2) is 54.1 Å². The highest BCUT2D eigenvalue weighted by Crippen LogP contribution is 2.25. The van der Waals surface area contributed by atoms with Gasteiger partial charge in [-0.25, -0.2) is 9.69 Å². The lowest BCUT2D eigenvalue weighted by molar-refractivity contribution is -0.384. The molecule has 166 valence electrons. The number of urea groups is 1. The number of ether oxygens (including phenoxy) is 1. The number of hydrogen-bond acceptors (Lipinski definition) is 6. The van der Waals surface area contributed by atoms with E-state index in [-0.39, 0.29) is 16.9 Å². The molecule has 1 aliphatic heterocycles. The van der Waals surface area contributed by atoms with Crippen molar-refractivity contribution < 1.29 is 24.0 Å². The molecule has 9 nitrogen and oxygen atoms in total. The first kappa shape index (κ1) is 22.7. The highest BCUT2D eigenvalue weighted by Gasteiger charge is 2.37. The second-order valence-corrected chi connectivity index (χ2v) is 7.21. The van der Waals surface area contributed by atoms with E-state index in [1.54, 1.807) is 24.3 Å². The van der Waals surface area contributed by atoms with Crippen LogP contribution in [-0.2, 0) is 9.59 Å². The van der Waals surface area contributed by atoms with Gasteiger partial charge >= 0.3 is 6.03 Å². The van der Waals surface area contributed by atoms with E-state index in [4.69, 9.17) is 4.74 Å². The molecule has 0 unspecified atom stereocenters. The Balaban J connectivity index is 1.77. The van der Waals surface area contributed by atoms with E-state index in [9.17, 15) is 24.5 Å². The monoisotopic (exact) mass is 437 g/mol. The maximum Gasteiger partial charge on any atom is 0.335 e. The molecule has 0 aromatic heterocycles. The zero-order chi connectivity index (χ0) is 23.1. The topological polar surface area (TPSA) is 119 Å². The molecule has 0 bridgehead atoms. The Morgan fingerprint density at radius 1 is 1.06 bits per heavy atom. The first-order valence-corrected chi connectivity index (χ1v) is 10.3. The molecule has 1 heterocycles. The SMILES string of the molecule is CCCCCCOc1ccc(/C=C2/C(=O)NC(=O)N(c3cccc([N+](=O)[O-])c3)C2=O)cc1. The van der Waals surface area contributed by atoms with E-state index in [1.807, 2.05) is 0 Å². The lowest BCUT2D eigenvalue weighted by atomic mass is 10.1. The summed E-state index contributed by atoms with van der Waals surface area (Å²) in [5.41, 5.74) is 0.0160. The standard InChI is InChI=1S/C23H23N3O6/c1-2-3-4-5-13-32-19-11-9-16(10-12-19)14-20-21(27)24-23(29)25(22(20)28)17-7-6-8-18(15-17)26(30)31/h6-12,14-15H,2-5,13H2,1H3,(H,24,27,29)/b20-14-. The van der Waals surface area contributed by atoms with Crippen molar-refractivity contribution in [1.82, 2.24) is 5.32 Å². The summed E-state index contributed by atoms with van der Waals surface area (Å²) in [5, 5.41) is 13.1. The third-order valence-electron chi connectivity index (χ3n) is 4.86. The number of nitro benzene ring substituents is 1. The van der Waals surface area contributed by atoms with Crippen LogP contribution >= 0.6 is 0 Å². The van der Waals surface area contributed by atoms with Crippen molar-refractivity contribution in [1.29, 1.82) is 0 Å². The molecular weight excluding hydrogens is 414 g/mol. The van der Waals surface area contributed by atoms with Gasteiger partial charge in [0, 0.05) is 12.1 Å². The summed E-state index contributed by atoms with van der Waals surface area (Å²) < 4.78 is 5.68. The molecule has 2 aromatic carbocycles. The average molecular weight is 437 g/mol. The predicted molar refractivity (Wildman–Crippen MR) is 118 cm³/mol. The van der Waals surface area contributed by atoms with Crippen molar-refractivity contribution >= 4 is 35.3 Å². The number of hydrogen-bond donors (Lipinski definition) is 1. The Bertz CT molecular complexity index is 1060. The van der Waals surface area contributed by atoms with Crippen molar-refractivity contribution in [3.63, 3.8) is 0 Å². The van der Waals surface area contributed by atoms with Gasteiger partial charge in [-0.05, 0) is 36.3 Å². The number of barbiturate groups is 1. The molecule has 1 N–H and O–H groups in total. The fourth-order valence-electron chi connectivity index (χ4n) is 3.18. The molecule has 1 aliphatic rings. The molecule has 0 atom stereocenters. The first-order valence-electron chi connectivity index (χ1n) is 10.3. The quantitative estimate of drug-likeness (QED) is 0.206. The molecule has 4 amide bonds. The summed E-state index contributed by atoms with van der Waals surface area (Å²) in [7, 11) is 0. The molecule has 0 aliphatic carbocycles. The van der Waals surface area contributed by atoms with E-state index < -0.39 is 22.8 Å². The van der Waals surface area contributed by atoms with Crippen LogP contribution in [0.25, 0.3) is 6.08 Å². The number of carbonyl (C=O) groups is 3. The third-order valence-corrected chi connectivity index (χ3v) is 4.86. The fraction of sp³-hybridized carbons (Fsp3) is 0.261. The van der Waals surface area contributed by atoms with Gasteiger partial charge in [0.25, 0.3) is 17.5 Å². The Hall–Kier alpha value is -4.01. The number of imide groups is 2. The van der Waals surface area contributed by atoms with Crippen molar-refractivity contribution in [2.45, 2.75) is 32.6 Å². The van der Waals surface area contributed by atoms with E-state index in [0.717, 1.165) is 25.3 Å². The Morgan fingerprint density at radius 2 is 1.81 bits per heavy atom. The second-order valence-electron chi connectivity index (χ2n) is 7.21. The molecule has 1 fully saturated rings. The third kappa shape index (κ3) is 5.37. The molecule has 0 spiro atoms. The van der Waals surface area contributed by atoms with Gasteiger partial charge in [-0.15, -0.1) is 0 Å². The van der Waals surface area contributed by atoms with Gasteiger partial charge in [-0.2, -0.15) is 0 Å². The molecule has 9 heteroatoms. The number of anilines is 1. The van der Waals surface area contributed by atoms with Crippen LogP contribution in [0.1, 0.15) is 38.2 Å². The van der Waals surface area contributed by atoms with Crippen LogP contribution in [0.4, 0.5) is 16.2 Å². The number of carbonyl (C=O) groups excluding carboxylic acids is 3. The van der Waals surface area contributed by atoms with Crippen LogP contribution in [-0.4, -0.2) is 29.4 Å². The van der Waals surface area contributed by atoms with Crippen LogP contribution in [0.2, 0.25) is 0 Å². The minimum atomic E-state index is -0.968. The van der Waals surface area contributed by atoms with Crippen molar-refractivity contribution in [3.8, 4) is 5.75 Å². The smallest absolute Gasteiger partial charge is 0.335 e. The lowest BCUT2D eigenvalue weighted by Gasteiger charge is -2.26. The van der Waals surface area contributed by atoms with Crippen molar-refractivity contribution in [3.05, 3.63) is 69.8 Å². The van der Waals surface area contributed by atoms with Crippen molar-refractivity contribution in [2.75, 3.05) is 11.5 Å². The highest BCUT2D eigenvalue weighted by atomic mass is 16.6. The zero-order valence-electron chi connectivity index (χ0n) is 17.6. The largest absolute Gasteiger partial charge is 0.494 e.